The predicted octanol–water partition coefficient (Wildman–Crippen LogP) is 4.90. The van der Waals surface area contributed by atoms with Crippen LogP contribution in [0, 0.1) is 13.8 Å². The molecule has 1 atom stereocenters. The minimum Gasteiger partial charge on any atom is -0.497 e. The Morgan fingerprint density at radius 3 is 2.75 bits per heavy atom. The lowest BCUT2D eigenvalue weighted by Gasteiger charge is -2.16. The second kappa shape index (κ2) is 7.92. The summed E-state index contributed by atoms with van der Waals surface area (Å²) in [4.78, 5) is 6.07. The molecular weight excluding hydrogens is 336 g/mol. The van der Waals surface area contributed by atoms with Gasteiger partial charge in [0.15, 0.2) is 0 Å². The summed E-state index contributed by atoms with van der Waals surface area (Å²) in [6.45, 7) is 5.02. The highest BCUT2D eigenvalue weighted by Gasteiger charge is 2.17. The van der Waals surface area contributed by atoms with Crippen LogP contribution in [0.3, 0.4) is 0 Å². The van der Waals surface area contributed by atoms with Crippen LogP contribution in [0.2, 0.25) is 0 Å². The summed E-state index contributed by atoms with van der Waals surface area (Å²) in [7, 11) is 1.70. The van der Waals surface area contributed by atoms with Gasteiger partial charge in [0, 0.05) is 11.4 Å². The molecule has 3 aromatic rings. The second-order valence-corrected chi connectivity index (χ2v) is 7.83. The van der Waals surface area contributed by atoms with E-state index in [1.165, 1.54) is 21.0 Å². The molecule has 3 rings (SSSR count). The van der Waals surface area contributed by atoms with Crippen molar-refractivity contribution in [2.45, 2.75) is 32.9 Å². The lowest BCUT2D eigenvalue weighted by molar-refractivity contribution is 0.413. The van der Waals surface area contributed by atoms with Gasteiger partial charge < -0.3 is 10.1 Å². The Labute approximate surface area is 151 Å². The molecule has 0 saturated carbocycles. The van der Waals surface area contributed by atoms with Crippen molar-refractivity contribution in [1.82, 2.24) is 10.3 Å². The molecule has 0 radical (unpaired) electrons. The summed E-state index contributed by atoms with van der Waals surface area (Å²) in [5, 5.41) is 9.19. The molecule has 0 aliphatic heterocycles. The van der Waals surface area contributed by atoms with Gasteiger partial charge in [-0.1, -0.05) is 12.1 Å². The summed E-state index contributed by atoms with van der Waals surface area (Å²) in [5.74, 6) is 0.893. The molecule has 0 amide bonds. The van der Waals surface area contributed by atoms with Gasteiger partial charge in [0.1, 0.15) is 10.8 Å². The SMILES string of the molecule is COc1cccc(CN[C@H](Cc2ccsc2)c2nc(C)c(C)s2)c1. The number of aromatic nitrogens is 1. The van der Waals surface area contributed by atoms with Crippen LogP contribution in [0.15, 0.2) is 41.1 Å². The van der Waals surface area contributed by atoms with Gasteiger partial charge in [-0.2, -0.15) is 11.3 Å². The van der Waals surface area contributed by atoms with E-state index >= 15 is 0 Å². The highest BCUT2D eigenvalue weighted by Crippen LogP contribution is 2.27. The van der Waals surface area contributed by atoms with Gasteiger partial charge in [-0.25, -0.2) is 4.98 Å². The van der Waals surface area contributed by atoms with Crippen molar-refractivity contribution in [2.75, 3.05) is 7.11 Å². The molecule has 2 heterocycles. The van der Waals surface area contributed by atoms with Gasteiger partial charge in [0.05, 0.1) is 18.8 Å². The molecule has 3 nitrogen and oxygen atoms in total. The van der Waals surface area contributed by atoms with Crippen molar-refractivity contribution in [3.63, 3.8) is 0 Å². The van der Waals surface area contributed by atoms with E-state index in [1.807, 2.05) is 12.1 Å². The number of rotatable bonds is 7. The zero-order valence-corrected chi connectivity index (χ0v) is 15.8. The third-order valence-corrected chi connectivity index (χ3v) is 5.97. The van der Waals surface area contributed by atoms with Gasteiger partial charge in [0.2, 0.25) is 0 Å². The first-order valence-electron chi connectivity index (χ1n) is 7.97. The third-order valence-electron chi connectivity index (χ3n) is 4.05. The monoisotopic (exact) mass is 358 g/mol. The smallest absolute Gasteiger partial charge is 0.119 e. The molecule has 0 saturated heterocycles. The average molecular weight is 359 g/mol. The highest BCUT2D eigenvalue weighted by atomic mass is 32.1. The van der Waals surface area contributed by atoms with Crippen LogP contribution < -0.4 is 10.1 Å². The zero-order valence-electron chi connectivity index (χ0n) is 14.2. The Bertz CT molecular complexity index is 761. The van der Waals surface area contributed by atoms with Crippen molar-refractivity contribution >= 4 is 22.7 Å². The largest absolute Gasteiger partial charge is 0.497 e. The zero-order chi connectivity index (χ0) is 16.9. The molecule has 2 aromatic heterocycles. The van der Waals surface area contributed by atoms with Crippen LogP contribution in [0.1, 0.15) is 32.7 Å². The minimum absolute atomic E-state index is 0.225. The number of thiazole rings is 1. The van der Waals surface area contributed by atoms with Crippen LogP contribution in [-0.4, -0.2) is 12.1 Å². The first-order valence-corrected chi connectivity index (χ1v) is 9.73. The number of hydrogen-bond acceptors (Lipinski definition) is 5. The fourth-order valence-corrected chi connectivity index (χ4v) is 4.24. The number of ether oxygens (including phenoxy) is 1. The number of nitrogens with one attached hydrogen (secondary N) is 1. The first-order chi connectivity index (χ1) is 11.7. The van der Waals surface area contributed by atoms with Crippen molar-refractivity contribution in [3.05, 3.63) is 67.8 Å². The summed E-state index contributed by atoms with van der Waals surface area (Å²) in [5.41, 5.74) is 3.71. The molecule has 0 fully saturated rings. The van der Waals surface area contributed by atoms with E-state index in [0.29, 0.717) is 0 Å². The summed E-state index contributed by atoms with van der Waals surface area (Å²) in [6.07, 6.45) is 0.958. The second-order valence-electron chi connectivity index (χ2n) is 5.81. The van der Waals surface area contributed by atoms with E-state index in [0.717, 1.165) is 24.4 Å². The highest BCUT2D eigenvalue weighted by molar-refractivity contribution is 7.11. The van der Waals surface area contributed by atoms with Gasteiger partial charge in [-0.05, 0) is 60.4 Å². The normalized spacial score (nSPS) is 12.3. The lowest BCUT2D eigenvalue weighted by Crippen LogP contribution is -2.22. The lowest BCUT2D eigenvalue weighted by atomic mass is 10.1. The number of methoxy groups -OCH3 is 1. The quantitative estimate of drug-likeness (QED) is 0.652. The van der Waals surface area contributed by atoms with Crippen LogP contribution in [-0.2, 0) is 13.0 Å². The van der Waals surface area contributed by atoms with E-state index in [4.69, 9.17) is 9.72 Å². The molecule has 1 aromatic carbocycles. The van der Waals surface area contributed by atoms with E-state index in [9.17, 15) is 0 Å². The number of nitrogens with zero attached hydrogens (tertiary/aromatic N) is 1. The van der Waals surface area contributed by atoms with Gasteiger partial charge in [0.25, 0.3) is 0 Å². The van der Waals surface area contributed by atoms with Gasteiger partial charge in [-0.3, -0.25) is 0 Å². The standard InChI is InChI=1S/C19H22N2OS2/c1-13-14(2)24-19(21-13)18(10-16-7-8-23-12-16)20-11-15-5-4-6-17(9-15)22-3/h4-9,12,18,20H,10-11H2,1-3H3/t18-/m1/s1. The Morgan fingerprint density at radius 2 is 2.08 bits per heavy atom. The molecule has 1 N–H and O–H groups in total. The van der Waals surface area contributed by atoms with Crippen molar-refractivity contribution in [1.29, 1.82) is 0 Å². The Morgan fingerprint density at radius 1 is 1.21 bits per heavy atom. The van der Waals surface area contributed by atoms with Crippen LogP contribution >= 0.6 is 22.7 Å². The molecular formula is C19H22N2OS2. The molecule has 5 heteroatoms. The Hall–Kier alpha value is -1.69. The fraction of sp³-hybridized carbons (Fsp3) is 0.316. The molecule has 24 heavy (non-hydrogen) atoms. The maximum Gasteiger partial charge on any atom is 0.119 e. The minimum atomic E-state index is 0.225. The average Bonchev–Trinajstić information content (AvgIpc) is 3.22. The van der Waals surface area contributed by atoms with Crippen molar-refractivity contribution < 1.29 is 4.74 Å². The van der Waals surface area contributed by atoms with E-state index < -0.39 is 0 Å². The number of benzene rings is 1. The number of hydrogen-bond donors (Lipinski definition) is 1. The number of aryl methyl sites for hydroxylation is 2. The number of thiophene rings is 1. The van der Waals surface area contributed by atoms with Gasteiger partial charge >= 0.3 is 0 Å². The van der Waals surface area contributed by atoms with Crippen molar-refractivity contribution in [3.8, 4) is 5.75 Å². The van der Waals surface area contributed by atoms with E-state index in [-0.39, 0.29) is 6.04 Å². The van der Waals surface area contributed by atoms with E-state index in [1.54, 1.807) is 29.8 Å². The summed E-state index contributed by atoms with van der Waals surface area (Å²) in [6, 6.07) is 10.6. The van der Waals surface area contributed by atoms with E-state index in [2.05, 4.69) is 48.1 Å². The van der Waals surface area contributed by atoms with Crippen LogP contribution in [0.25, 0.3) is 0 Å². The Kier molecular flexibility index (Phi) is 5.66. The summed E-state index contributed by atoms with van der Waals surface area (Å²) < 4.78 is 5.31. The van der Waals surface area contributed by atoms with Crippen LogP contribution in [0.4, 0.5) is 0 Å². The molecule has 0 spiro atoms. The topological polar surface area (TPSA) is 34.1 Å². The molecule has 0 aliphatic rings. The third kappa shape index (κ3) is 4.23. The van der Waals surface area contributed by atoms with Crippen LogP contribution in [0.5, 0.6) is 5.75 Å². The van der Waals surface area contributed by atoms with Gasteiger partial charge in [-0.15, -0.1) is 11.3 Å². The Balaban J connectivity index is 1.76. The molecule has 0 bridgehead atoms. The molecule has 0 unspecified atom stereocenters. The summed E-state index contributed by atoms with van der Waals surface area (Å²) >= 11 is 3.54. The predicted molar refractivity (Wildman–Crippen MR) is 102 cm³/mol. The molecule has 126 valence electrons. The molecule has 0 aliphatic carbocycles. The maximum absolute atomic E-state index is 5.31. The maximum atomic E-state index is 5.31. The first kappa shape index (κ1) is 17.1. The fourth-order valence-electron chi connectivity index (χ4n) is 2.56. The van der Waals surface area contributed by atoms with Crippen molar-refractivity contribution in [2.24, 2.45) is 0 Å².